The third kappa shape index (κ3) is 2.55. The van der Waals surface area contributed by atoms with Gasteiger partial charge in [-0.3, -0.25) is 0 Å². The van der Waals surface area contributed by atoms with Crippen molar-refractivity contribution in [2.75, 3.05) is 24.6 Å². The molecule has 5 heteroatoms. The fourth-order valence-electron chi connectivity index (χ4n) is 1.78. The Morgan fingerprint density at radius 3 is 2.76 bits per heavy atom. The normalized spacial score (nSPS) is 19.7. The van der Waals surface area contributed by atoms with Crippen molar-refractivity contribution in [1.29, 1.82) is 5.26 Å². The number of hydrogen-bond acceptors (Lipinski definition) is 4. The van der Waals surface area contributed by atoms with Crippen molar-refractivity contribution in [3.05, 3.63) is 29.8 Å². The van der Waals surface area contributed by atoms with E-state index >= 15 is 0 Å². The van der Waals surface area contributed by atoms with Gasteiger partial charge in [0.1, 0.15) is 0 Å². The number of carboxylic acid groups (broad SMARTS) is 1. The van der Waals surface area contributed by atoms with Gasteiger partial charge in [0, 0.05) is 12.2 Å². The third-order valence-corrected chi connectivity index (χ3v) is 2.69. The topological polar surface area (TPSA) is 73.6 Å². The maximum absolute atomic E-state index is 10.7. The molecule has 2 rings (SSSR count). The van der Waals surface area contributed by atoms with Gasteiger partial charge in [-0.1, -0.05) is 0 Å². The maximum atomic E-state index is 10.7. The first kappa shape index (κ1) is 11.4. The molecule has 1 aromatic carbocycles. The molecule has 0 saturated carbocycles. The fourth-order valence-corrected chi connectivity index (χ4v) is 1.78. The Kier molecular flexibility index (Phi) is 3.26. The number of ether oxygens (including phenoxy) is 1. The predicted molar refractivity (Wildman–Crippen MR) is 61.0 cm³/mol. The van der Waals surface area contributed by atoms with Gasteiger partial charge in [-0.05, 0) is 24.3 Å². The van der Waals surface area contributed by atoms with Crippen LogP contribution in [0.15, 0.2) is 24.3 Å². The van der Waals surface area contributed by atoms with Gasteiger partial charge in [0.2, 0.25) is 0 Å². The van der Waals surface area contributed by atoms with E-state index in [-0.39, 0.29) is 5.56 Å². The Hall–Kier alpha value is -2.06. The minimum absolute atomic E-state index is 0.263. The van der Waals surface area contributed by atoms with Gasteiger partial charge in [-0.15, -0.1) is 0 Å². The van der Waals surface area contributed by atoms with Crippen LogP contribution in [0.25, 0.3) is 0 Å². The van der Waals surface area contributed by atoms with Crippen LogP contribution in [0.4, 0.5) is 5.69 Å². The van der Waals surface area contributed by atoms with Crippen LogP contribution < -0.4 is 4.90 Å². The molecule has 0 spiro atoms. The molecular weight excluding hydrogens is 220 g/mol. The molecule has 1 aliphatic heterocycles. The van der Waals surface area contributed by atoms with E-state index in [4.69, 9.17) is 15.1 Å². The van der Waals surface area contributed by atoms with Gasteiger partial charge in [0.15, 0.2) is 6.10 Å². The molecule has 1 unspecified atom stereocenters. The van der Waals surface area contributed by atoms with E-state index in [2.05, 4.69) is 6.07 Å². The molecule has 1 N–H and O–H groups in total. The van der Waals surface area contributed by atoms with Gasteiger partial charge < -0.3 is 14.7 Å². The van der Waals surface area contributed by atoms with Gasteiger partial charge in [-0.2, -0.15) is 5.26 Å². The zero-order chi connectivity index (χ0) is 12.3. The Morgan fingerprint density at radius 2 is 2.18 bits per heavy atom. The van der Waals surface area contributed by atoms with Crippen LogP contribution >= 0.6 is 0 Å². The molecule has 1 fully saturated rings. The van der Waals surface area contributed by atoms with Crippen molar-refractivity contribution in [3.63, 3.8) is 0 Å². The number of morpholine rings is 1. The first-order valence-corrected chi connectivity index (χ1v) is 5.30. The molecule has 5 nitrogen and oxygen atoms in total. The van der Waals surface area contributed by atoms with Crippen molar-refractivity contribution >= 4 is 11.7 Å². The summed E-state index contributed by atoms with van der Waals surface area (Å²) in [4.78, 5) is 12.7. The highest BCUT2D eigenvalue weighted by Gasteiger charge is 2.20. The number of rotatable bonds is 2. The number of nitriles is 1. The van der Waals surface area contributed by atoms with Gasteiger partial charge >= 0.3 is 5.97 Å². The second-order valence-electron chi connectivity index (χ2n) is 3.79. The third-order valence-electron chi connectivity index (χ3n) is 2.69. The smallest absolute Gasteiger partial charge is 0.335 e. The largest absolute Gasteiger partial charge is 0.478 e. The zero-order valence-electron chi connectivity index (χ0n) is 9.17. The lowest BCUT2D eigenvalue weighted by molar-refractivity contribution is 0.0696. The number of carboxylic acids is 1. The number of aromatic carboxylic acids is 1. The number of hydrogen-bond donors (Lipinski definition) is 1. The summed E-state index contributed by atoms with van der Waals surface area (Å²) in [5.74, 6) is -0.937. The van der Waals surface area contributed by atoms with E-state index in [0.29, 0.717) is 19.7 Å². The van der Waals surface area contributed by atoms with Gasteiger partial charge in [0.25, 0.3) is 0 Å². The summed E-state index contributed by atoms with van der Waals surface area (Å²) in [5, 5.41) is 17.6. The molecule has 1 heterocycles. The standard InChI is InChI=1S/C12H12N2O3/c13-7-11-8-14(5-6-17-11)10-3-1-9(2-4-10)12(15)16/h1-4,11H,5-6,8H2,(H,15,16). The molecular formula is C12H12N2O3. The SMILES string of the molecule is N#CC1CN(c2ccc(C(=O)O)cc2)CCO1. The van der Waals surface area contributed by atoms with E-state index in [0.717, 1.165) is 5.69 Å². The Morgan fingerprint density at radius 1 is 1.47 bits per heavy atom. The van der Waals surface area contributed by atoms with Crippen LogP contribution in [0.2, 0.25) is 0 Å². The molecule has 0 aromatic heterocycles. The molecule has 1 atom stereocenters. The highest BCUT2D eigenvalue weighted by Crippen LogP contribution is 2.18. The van der Waals surface area contributed by atoms with Gasteiger partial charge in [-0.25, -0.2) is 4.79 Å². The molecule has 0 bridgehead atoms. The van der Waals surface area contributed by atoms with Crippen LogP contribution in [0, 0.1) is 11.3 Å². The van der Waals surface area contributed by atoms with Crippen LogP contribution in [-0.2, 0) is 4.74 Å². The number of carbonyl (C=O) groups is 1. The van der Waals surface area contributed by atoms with Crippen molar-refractivity contribution in [2.45, 2.75) is 6.10 Å². The Bertz CT molecular complexity index is 450. The summed E-state index contributed by atoms with van der Waals surface area (Å²) in [6.07, 6.45) is -0.414. The van der Waals surface area contributed by atoms with Crippen molar-refractivity contribution in [2.24, 2.45) is 0 Å². The molecule has 17 heavy (non-hydrogen) atoms. The van der Waals surface area contributed by atoms with Crippen LogP contribution in [0.5, 0.6) is 0 Å². The second kappa shape index (κ2) is 4.85. The lowest BCUT2D eigenvalue weighted by Gasteiger charge is -2.31. The number of benzene rings is 1. The van der Waals surface area contributed by atoms with E-state index in [9.17, 15) is 4.79 Å². The fraction of sp³-hybridized carbons (Fsp3) is 0.333. The molecule has 0 amide bonds. The minimum Gasteiger partial charge on any atom is -0.478 e. The van der Waals surface area contributed by atoms with Gasteiger partial charge in [0.05, 0.1) is 24.8 Å². The average molecular weight is 232 g/mol. The summed E-state index contributed by atoms with van der Waals surface area (Å²) in [6, 6.07) is 8.71. The molecule has 88 valence electrons. The summed E-state index contributed by atoms with van der Waals surface area (Å²) in [6.45, 7) is 1.74. The molecule has 0 aliphatic carbocycles. The van der Waals surface area contributed by atoms with Crippen molar-refractivity contribution in [3.8, 4) is 6.07 Å². The monoisotopic (exact) mass is 232 g/mol. The quantitative estimate of drug-likeness (QED) is 0.826. The maximum Gasteiger partial charge on any atom is 0.335 e. The zero-order valence-corrected chi connectivity index (χ0v) is 9.17. The summed E-state index contributed by atoms with van der Waals surface area (Å²) < 4.78 is 5.24. The Balaban J connectivity index is 2.12. The van der Waals surface area contributed by atoms with Crippen molar-refractivity contribution in [1.82, 2.24) is 0 Å². The predicted octanol–water partition coefficient (Wildman–Crippen LogP) is 1.11. The average Bonchev–Trinajstić information content (AvgIpc) is 2.39. The van der Waals surface area contributed by atoms with Crippen LogP contribution in [-0.4, -0.2) is 36.9 Å². The van der Waals surface area contributed by atoms with Crippen LogP contribution in [0.1, 0.15) is 10.4 Å². The van der Waals surface area contributed by atoms with Crippen molar-refractivity contribution < 1.29 is 14.6 Å². The highest BCUT2D eigenvalue weighted by atomic mass is 16.5. The molecule has 1 aliphatic rings. The second-order valence-corrected chi connectivity index (χ2v) is 3.79. The Labute approximate surface area is 98.8 Å². The number of nitrogens with zero attached hydrogens (tertiary/aromatic N) is 2. The lowest BCUT2D eigenvalue weighted by atomic mass is 10.2. The summed E-state index contributed by atoms with van der Waals surface area (Å²) in [5.41, 5.74) is 1.18. The minimum atomic E-state index is -0.937. The molecule has 1 saturated heterocycles. The molecule has 0 radical (unpaired) electrons. The summed E-state index contributed by atoms with van der Waals surface area (Å²) >= 11 is 0. The first-order valence-electron chi connectivity index (χ1n) is 5.30. The van der Waals surface area contributed by atoms with E-state index in [1.54, 1.807) is 24.3 Å². The summed E-state index contributed by atoms with van der Waals surface area (Å²) in [7, 11) is 0. The van der Waals surface area contributed by atoms with E-state index in [1.165, 1.54) is 0 Å². The number of anilines is 1. The lowest BCUT2D eigenvalue weighted by Crippen LogP contribution is -2.41. The van der Waals surface area contributed by atoms with Crippen LogP contribution in [0.3, 0.4) is 0 Å². The highest BCUT2D eigenvalue weighted by molar-refractivity contribution is 5.88. The van der Waals surface area contributed by atoms with E-state index < -0.39 is 12.1 Å². The van der Waals surface area contributed by atoms with E-state index in [1.807, 2.05) is 4.90 Å². The molecule has 1 aromatic rings. The first-order chi connectivity index (χ1) is 8.20.